The van der Waals surface area contributed by atoms with Gasteiger partial charge in [0.15, 0.2) is 14.9 Å². The lowest BCUT2D eigenvalue weighted by molar-refractivity contribution is 0.470. The van der Waals surface area contributed by atoms with Gasteiger partial charge in [0, 0.05) is 30.9 Å². The van der Waals surface area contributed by atoms with Gasteiger partial charge in [0.25, 0.3) is 0 Å². The highest BCUT2D eigenvalue weighted by molar-refractivity contribution is 7.91. The zero-order valence-electron chi connectivity index (χ0n) is 14.5. The number of nitrogens with zero attached hydrogens (tertiary/aromatic N) is 3. The molecule has 0 aromatic carbocycles. The van der Waals surface area contributed by atoms with E-state index in [1.54, 1.807) is 0 Å². The van der Waals surface area contributed by atoms with E-state index in [9.17, 15) is 8.42 Å². The molecule has 8 heteroatoms. The first-order chi connectivity index (χ1) is 10.6. The van der Waals surface area contributed by atoms with Crippen molar-refractivity contribution in [1.82, 2.24) is 20.0 Å². The van der Waals surface area contributed by atoms with Crippen LogP contribution in [0.5, 0.6) is 0 Å². The van der Waals surface area contributed by atoms with Crippen molar-refractivity contribution in [2.75, 3.05) is 18.6 Å². The van der Waals surface area contributed by atoms with Crippen molar-refractivity contribution in [3.05, 3.63) is 17.0 Å². The van der Waals surface area contributed by atoms with Crippen LogP contribution >= 0.6 is 12.2 Å². The number of aryl methyl sites for hydroxylation is 1. The average Bonchev–Trinajstić information content (AvgIpc) is 2.91. The van der Waals surface area contributed by atoms with Crippen molar-refractivity contribution in [3.63, 3.8) is 0 Å². The molecule has 1 aliphatic heterocycles. The van der Waals surface area contributed by atoms with Crippen LogP contribution in [0.3, 0.4) is 0 Å². The molecule has 0 unspecified atom stereocenters. The predicted octanol–water partition coefficient (Wildman–Crippen LogP) is 1.57. The maximum atomic E-state index is 11.7. The van der Waals surface area contributed by atoms with Crippen molar-refractivity contribution in [1.29, 1.82) is 0 Å². The Labute approximate surface area is 144 Å². The third kappa shape index (κ3) is 4.23. The molecule has 1 aromatic rings. The summed E-state index contributed by atoms with van der Waals surface area (Å²) in [6.07, 6.45) is 0.646. The lowest BCUT2D eigenvalue weighted by atomic mass is 10.2. The molecule has 0 radical (unpaired) electrons. The number of sulfone groups is 1. The Balaban J connectivity index is 2.17. The minimum atomic E-state index is -2.92. The molecule has 0 aliphatic carbocycles. The standard InChI is InChI=1S/C15H26N4O2S2/c1-10(2)16-15(22)18(5)8-14-11(3)17-19(12(14)4)13-6-7-23(20,21)9-13/h10,13H,6-9H2,1-5H3,(H,16,22)/t13-/m0/s1. The van der Waals surface area contributed by atoms with E-state index in [0.29, 0.717) is 24.1 Å². The van der Waals surface area contributed by atoms with Crippen LogP contribution in [0.4, 0.5) is 0 Å². The van der Waals surface area contributed by atoms with Gasteiger partial charge in [0.05, 0.1) is 23.2 Å². The normalized spacial score (nSPS) is 20.0. The Kier molecular flexibility index (Phi) is 5.35. The highest BCUT2D eigenvalue weighted by Gasteiger charge is 2.31. The topological polar surface area (TPSA) is 67.2 Å². The van der Waals surface area contributed by atoms with E-state index < -0.39 is 9.84 Å². The predicted molar refractivity (Wildman–Crippen MR) is 96.3 cm³/mol. The van der Waals surface area contributed by atoms with Crippen LogP contribution in [0.25, 0.3) is 0 Å². The molecule has 1 fully saturated rings. The van der Waals surface area contributed by atoms with Gasteiger partial charge in [0.1, 0.15) is 0 Å². The molecule has 23 heavy (non-hydrogen) atoms. The molecule has 1 aliphatic rings. The summed E-state index contributed by atoms with van der Waals surface area (Å²) in [4.78, 5) is 1.99. The average molecular weight is 359 g/mol. The summed E-state index contributed by atoms with van der Waals surface area (Å²) in [5.41, 5.74) is 3.08. The van der Waals surface area contributed by atoms with E-state index in [-0.39, 0.29) is 17.5 Å². The van der Waals surface area contributed by atoms with E-state index in [2.05, 4.69) is 24.3 Å². The molecule has 1 saturated heterocycles. The SMILES string of the molecule is Cc1nn([C@H]2CCS(=O)(=O)C2)c(C)c1CN(C)C(=S)NC(C)C. The minimum absolute atomic E-state index is 0.0431. The fourth-order valence-corrected chi connectivity index (χ4v) is 4.91. The number of thiocarbonyl (C=S) groups is 1. The van der Waals surface area contributed by atoms with Gasteiger partial charge in [-0.25, -0.2) is 8.42 Å². The van der Waals surface area contributed by atoms with Crippen LogP contribution < -0.4 is 5.32 Å². The Hall–Kier alpha value is -1.15. The fraction of sp³-hybridized carbons (Fsp3) is 0.733. The highest BCUT2D eigenvalue weighted by atomic mass is 32.2. The first-order valence-electron chi connectivity index (χ1n) is 7.87. The summed E-state index contributed by atoms with van der Waals surface area (Å²) < 4.78 is 25.3. The number of aromatic nitrogens is 2. The second-order valence-corrected chi connectivity index (χ2v) is 9.23. The Morgan fingerprint density at radius 2 is 2.13 bits per heavy atom. The molecule has 1 N–H and O–H groups in total. The third-order valence-corrected chi connectivity index (χ3v) is 6.36. The first kappa shape index (κ1) is 18.2. The van der Waals surface area contributed by atoms with Gasteiger partial charge in [-0.2, -0.15) is 5.10 Å². The van der Waals surface area contributed by atoms with Crippen LogP contribution in [-0.4, -0.2) is 52.8 Å². The molecular formula is C15H26N4O2S2. The van der Waals surface area contributed by atoms with Crippen molar-refractivity contribution in [2.24, 2.45) is 0 Å². The summed E-state index contributed by atoms with van der Waals surface area (Å²) >= 11 is 5.39. The smallest absolute Gasteiger partial charge is 0.169 e. The summed E-state index contributed by atoms with van der Waals surface area (Å²) in [7, 11) is -0.964. The first-order valence-corrected chi connectivity index (χ1v) is 10.1. The van der Waals surface area contributed by atoms with Gasteiger partial charge >= 0.3 is 0 Å². The van der Waals surface area contributed by atoms with Gasteiger partial charge in [-0.3, -0.25) is 4.68 Å². The fourth-order valence-electron chi connectivity index (χ4n) is 2.92. The van der Waals surface area contributed by atoms with Gasteiger partial charge in [-0.05, 0) is 46.3 Å². The minimum Gasteiger partial charge on any atom is -0.360 e. The molecule has 1 atom stereocenters. The molecule has 0 amide bonds. The maximum Gasteiger partial charge on any atom is 0.169 e. The molecule has 1 aromatic heterocycles. The number of rotatable bonds is 4. The highest BCUT2D eigenvalue weighted by Crippen LogP contribution is 2.27. The van der Waals surface area contributed by atoms with Gasteiger partial charge in [-0.15, -0.1) is 0 Å². The monoisotopic (exact) mass is 358 g/mol. The van der Waals surface area contributed by atoms with E-state index in [1.165, 1.54) is 0 Å². The molecule has 6 nitrogen and oxygen atoms in total. The second kappa shape index (κ2) is 6.76. The number of nitrogens with one attached hydrogen (secondary N) is 1. The maximum absolute atomic E-state index is 11.7. The lowest BCUT2D eigenvalue weighted by Gasteiger charge is -2.23. The van der Waals surface area contributed by atoms with Crippen LogP contribution in [0.1, 0.15) is 43.3 Å². The summed E-state index contributed by atoms with van der Waals surface area (Å²) in [5.74, 6) is 0.450. The molecule has 2 rings (SSSR count). The summed E-state index contributed by atoms with van der Waals surface area (Å²) in [6, 6.07) is 0.247. The molecular weight excluding hydrogens is 332 g/mol. The van der Waals surface area contributed by atoms with Crippen LogP contribution in [0, 0.1) is 13.8 Å². The van der Waals surface area contributed by atoms with Crippen molar-refractivity contribution in [2.45, 2.75) is 52.7 Å². The zero-order chi connectivity index (χ0) is 17.4. The van der Waals surface area contributed by atoms with Crippen LogP contribution in [0.2, 0.25) is 0 Å². The molecule has 0 saturated carbocycles. The molecule has 2 heterocycles. The van der Waals surface area contributed by atoms with Crippen molar-refractivity contribution in [3.8, 4) is 0 Å². The van der Waals surface area contributed by atoms with E-state index in [0.717, 1.165) is 17.0 Å². The third-order valence-electron chi connectivity index (χ3n) is 4.18. The Morgan fingerprint density at radius 3 is 2.65 bits per heavy atom. The van der Waals surface area contributed by atoms with Crippen LogP contribution in [-0.2, 0) is 16.4 Å². The molecule has 130 valence electrons. The molecule has 0 bridgehead atoms. The second-order valence-electron chi connectivity index (χ2n) is 6.61. The van der Waals surface area contributed by atoms with E-state index >= 15 is 0 Å². The lowest BCUT2D eigenvalue weighted by Crippen LogP contribution is -2.40. The van der Waals surface area contributed by atoms with E-state index in [4.69, 9.17) is 12.2 Å². The van der Waals surface area contributed by atoms with Gasteiger partial charge in [0.2, 0.25) is 0 Å². The summed E-state index contributed by atoms with van der Waals surface area (Å²) in [5, 5.41) is 8.52. The van der Waals surface area contributed by atoms with Crippen molar-refractivity contribution >= 4 is 27.2 Å². The largest absolute Gasteiger partial charge is 0.360 e. The quantitative estimate of drug-likeness (QED) is 0.824. The summed E-state index contributed by atoms with van der Waals surface area (Å²) in [6.45, 7) is 8.74. The Morgan fingerprint density at radius 1 is 1.48 bits per heavy atom. The van der Waals surface area contributed by atoms with Gasteiger partial charge in [-0.1, -0.05) is 0 Å². The Bertz CT molecular complexity index is 695. The number of hydrogen-bond acceptors (Lipinski definition) is 4. The van der Waals surface area contributed by atoms with E-state index in [1.807, 2.05) is 30.5 Å². The van der Waals surface area contributed by atoms with Crippen molar-refractivity contribution < 1.29 is 8.42 Å². The zero-order valence-corrected chi connectivity index (χ0v) is 16.1. The van der Waals surface area contributed by atoms with Gasteiger partial charge < -0.3 is 10.2 Å². The molecule has 0 spiro atoms. The number of hydrogen-bond donors (Lipinski definition) is 1. The van der Waals surface area contributed by atoms with Crippen LogP contribution in [0.15, 0.2) is 0 Å².